The minimum absolute atomic E-state index is 1.19. The van der Waals surface area contributed by atoms with E-state index < -0.39 is 0 Å². The summed E-state index contributed by atoms with van der Waals surface area (Å²) in [4.78, 5) is 3.56. The molecule has 27 heavy (non-hydrogen) atoms. The number of fused-ring (bicyclic) bond motifs is 6. The van der Waals surface area contributed by atoms with Gasteiger partial charge in [-0.15, -0.1) is 0 Å². The van der Waals surface area contributed by atoms with Gasteiger partial charge in [0.15, 0.2) is 0 Å². The lowest BCUT2D eigenvalue weighted by molar-refractivity contribution is 1.16. The van der Waals surface area contributed by atoms with Crippen LogP contribution in [0.15, 0.2) is 84.9 Å². The van der Waals surface area contributed by atoms with Gasteiger partial charge in [-0.1, -0.05) is 54.6 Å². The van der Waals surface area contributed by atoms with Gasteiger partial charge in [-0.2, -0.15) is 0 Å². The van der Waals surface area contributed by atoms with Crippen molar-refractivity contribution >= 4 is 43.6 Å². The van der Waals surface area contributed by atoms with Gasteiger partial charge in [0.05, 0.1) is 11.0 Å². The Balaban J connectivity index is 1.80. The summed E-state index contributed by atoms with van der Waals surface area (Å²) < 4.78 is 2.40. The number of nitrogens with one attached hydrogen (secondary N) is 1. The molecule has 2 nitrogen and oxygen atoms in total. The Kier molecular flexibility index (Phi) is 2.84. The SMILES string of the molecule is Cc1c(-n2c3ccccc3c3ccccc32)ccc2[nH]c3ccccc3c12. The molecule has 0 saturated heterocycles. The minimum atomic E-state index is 1.19. The van der Waals surface area contributed by atoms with Gasteiger partial charge in [0.2, 0.25) is 0 Å². The van der Waals surface area contributed by atoms with Crippen molar-refractivity contribution in [2.24, 2.45) is 0 Å². The number of hydrogen-bond donors (Lipinski definition) is 1. The molecule has 6 rings (SSSR count). The van der Waals surface area contributed by atoms with Gasteiger partial charge in [-0.3, -0.25) is 0 Å². The Hall–Kier alpha value is -3.52. The van der Waals surface area contributed by atoms with Crippen LogP contribution in [0.3, 0.4) is 0 Å². The molecule has 0 bridgehead atoms. The van der Waals surface area contributed by atoms with Crippen molar-refractivity contribution in [1.29, 1.82) is 0 Å². The van der Waals surface area contributed by atoms with Crippen molar-refractivity contribution in [3.63, 3.8) is 0 Å². The van der Waals surface area contributed by atoms with E-state index in [-0.39, 0.29) is 0 Å². The number of H-pyrrole nitrogens is 1. The van der Waals surface area contributed by atoms with Gasteiger partial charge in [-0.25, -0.2) is 0 Å². The second-order valence-corrected chi connectivity index (χ2v) is 7.17. The highest BCUT2D eigenvalue weighted by molar-refractivity contribution is 6.12. The summed E-state index contributed by atoms with van der Waals surface area (Å²) in [6.45, 7) is 2.24. The predicted octanol–water partition coefficient (Wildman–Crippen LogP) is 6.73. The summed E-state index contributed by atoms with van der Waals surface area (Å²) in [6, 6.07) is 30.4. The third kappa shape index (κ3) is 1.90. The Morgan fingerprint density at radius 2 is 1.19 bits per heavy atom. The van der Waals surface area contributed by atoms with Crippen LogP contribution in [0.5, 0.6) is 0 Å². The molecule has 0 spiro atoms. The van der Waals surface area contributed by atoms with E-state index in [1.165, 1.54) is 54.9 Å². The predicted molar refractivity (Wildman–Crippen MR) is 115 cm³/mol. The molecule has 0 atom stereocenters. The molecule has 0 unspecified atom stereocenters. The fraction of sp³-hybridized carbons (Fsp3) is 0.0400. The average molecular weight is 346 g/mol. The molecule has 128 valence electrons. The monoisotopic (exact) mass is 346 g/mol. The number of rotatable bonds is 1. The topological polar surface area (TPSA) is 20.7 Å². The molecule has 0 aliphatic rings. The van der Waals surface area contributed by atoms with Crippen LogP contribution in [0.25, 0.3) is 49.3 Å². The van der Waals surface area contributed by atoms with Gasteiger partial charge in [-0.05, 0) is 42.8 Å². The van der Waals surface area contributed by atoms with Crippen LogP contribution in [-0.2, 0) is 0 Å². The van der Waals surface area contributed by atoms with Crippen LogP contribution in [0.4, 0.5) is 0 Å². The molecule has 1 N–H and O–H groups in total. The molecule has 2 aromatic heterocycles. The number of aromatic nitrogens is 2. The van der Waals surface area contributed by atoms with Crippen LogP contribution in [-0.4, -0.2) is 9.55 Å². The molecule has 0 saturated carbocycles. The van der Waals surface area contributed by atoms with E-state index in [9.17, 15) is 0 Å². The minimum Gasteiger partial charge on any atom is -0.355 e. The number of hydrogen-bond acceptors (Lipinski definition) is 0. The highest BCUT2D eigenvalue weighted by atomic mass is 15.0. The van der Waals surface area contributed by atoms with E-state index >= 15 is 0 Å². The van der Waals surface area contributed by atoms with Crippen molar-refractivity contribution in [2.45, 2.75) is 6.92 Å². The largest absolute Gasteiger partial charge is 0.355 e. The number of para-hydroxylation sites is 3. The highest BCUT2D eigenvalue weighted by Crippen LogP contribution is 2.36. The van der Waals surface area contributed by atoms with Gasteiger partial charge in [0.1, 0.15) is 0 Å². The number of aromatic amines is 1. The first-order valence-corrected chi connectivity index (χ1v) is 9.31. The quantitative estimate of drug-likeness (QED) is 0.341. The second kappa shape index (κ2) is 5.24. The molecule has 2 heteroatoms. The van der Waals surface area contributed by atoms with E-state index in [2.05, 4.69) is 101 Å². The molecular formula is C25H18N2. The lowest BCUT2D eigenvalue weighted by Gasteiger charge is -2.12. The zero-order chi connectivity index (χ0) is 18.0. The molecule has 0 aliphatic carbocycles. The zero-order valence-corrected chi connectivity index (χ0v) is 15.0. The van der Waals surface area contributed by atoms with Gasteiger partial charge in [0, 0.05) is 38.3 Å². The van der Waals surface area contributed by atoms with Crippen molar-refractivity contribution in [3.05, 3.63) is 90.5 Å². The first-order valence-electron chi connectivity index (χ1n) is 9.31. The van der Waals surface area contributed by atoms with Crippen molar-refractivity contribution < 1.29 is 0 Å². The van der Waals surface area contributed by atoms with E-state index in [1.54, 1.807) is 0 Å². The number of nitrogens with zero attached hydrogens (tertiary/aromatic N) is 1. The summed E-state index contributed by atoms with van der Waals surface area (Å²) in [6.07, 6.45) is 0. The molecular weight excluding hydrogens is 328 g/mol. The second-order valence-electron chi connectivity index (χ2n) is 7.17. The smallest absolute Gasteiger partial charge is 0.0541 e. The first-order chi connectivity index (χ1) is 13.3. The van der Waals surface area contributed by atoms with Gasteiger partial charge in [0.25, 0.3) is 0 Å². The highest BCUT2D eigenvalue weighted by Gasteiger charge is 2.15. The number of aryl methyl sites for hydroxylation is 1. The fourth-order valence-electron chi connectivity index (χ4n) is 4.53. The van der Waals surface area contributed by atoms with Crippen LogP contribution in [0, 0.1) is 6.92 Å². The first kappa shape index (κ1) is 14.6. The maximum absolute atomic E-state index is 3.56. The van der Waals surface area contributed by atoms with Crippen molar-refractivity contribution in [3.8, 4) is 5.69 Å². The van der Waals surface area contributed by atoms with Crippen LogP contribution in [0.1, 0.15) is 5.56 Å². The lowest BCUT2D eigenvalue weighted by Crippen LogP contribution is -1.97. The molecule has 0 radical (unpaired) electrons. The molecule has 6 aromatic rings. The summed E-state index contributed by atoms with van der Waals surface area (Å²) >= 11 is 0. The molecule has 4 aromatic carbocycles. The molecule has 0 aliphatic heterocycles. The molecule has 2 heterocycles. The van der Waals surface area contributed by atoms with Crippen molar-refractivity contribution in [1.82, 2.24) is 9.55 Å². The van der Waals surface area contributed by atoms with Crippen LogP contribution in [0.2, 0.25) is 0 Å². The van der Waals surface area contributed by atoms with Crippen LogP contribution < -0.4 is 0 Å². The Bertz CT molecular complexity index is 1430. The summed E-state index contributed by atoms with van der Waals surface area (Å²) in [7, 11) is 0. The normalized spacial score (nSPS) is 11.9. The van der Waals surface area contributed by atoms with Gasteiger partial charge < -0.3 is 9.55 Å². The Morgan fingerprint density at radius 3 is 1.89 bits per heavy atom. The fourth-order valence-corrected chi connectivity index (χ4v) is 4.53. The van der Waals surface area contributed by atoms with Crippen molar-refractivity contribution in [2.75, 3.05) is 0 Å². The lowest BCUT2D eigenvalue weighted by atomic mass is 10.1. The third-order valence-corrected chi connectivity index (χ3v) is 5.72. The third-order valence-electron chi connectivity index (χ3n) is 5.72. The van der Waals surface area contributed by atoms with Crippen LogP contribution >= 0.6 is 0 Å². The number of benzene rings is 4. The average Bonchev–Trinajstić information content (AvgIpc) is 3.25. The van der Waals surface area contributed by atoms with E-state index in [4.69, 9.17) is 0 Å². The zero-order valence-electron chi connectivity index (χ0n) is 15.0. The molecule has 0 fully saturated rings. The Morgan fingerprint density at radius 1 is 0.593 bits per heavy atom. The van der Waals surface area contributed by atoms with E-state index in [0.717, 1.165) is 0 Å². The summed E-state index contributed by atoms with van der Waals surface area (Å²) in [5, 5.41) is 5.19. The Labute approximate surface area is 156 Å². The van der Waals surface area contributed by atoms with E-state index in [1.807, 2.05) is 0 Å². The van der Waals surface area contributed by atoms with E-state index in [0.29, 0.717) is 0 Å². The summed E-state index contributed by atoms with van der Waals surface area (Å²) in [5.74, 6) is 0. The van der Waals surface area contributed by atoms with Gasteiger partial charge >= 0.3 is 0 Å². The maximum Gasteiger partial charge on any atom is 0.0541 e. The maximum atomic E-state index is 3.56. The molecule has 0 amide bonds. The summed E-state index contributed by atoms with van der Waals surface area (Å²) in [5.41, 5.74) is 7.43. The standard InChI is InChI=1S/C25H18N2/c1-16-22(15-14-21-25(16)19-10-2-5-11-20(19)26-21)27-23-12-6-3-8-17(23)18-9-4-7-13-24(18)27/h2-15,26H,1H3.